The maximum Gasteiger partial charge on any atom is 0.338 e. The molecular formula is C26H25NO3. The number of esters is 1. The minimum Gasteiger partial charge on any atom is -0.462 e. The summed E-state index contributed by atoms with van der Waals surface area (Å²) in [5.74, 6) is -0.335. The molecule has 4 heteroatoms. The van der Waals surface area contributed by atoms with Crippen molar-refractivity contribution in [3.05, 3.63) is 107 Å². The topological polar surface area (TPSA) is 46.6 Å². The number of rotatable bonds is 5. The lowest BCUT2D eigenvalue weighted by atomic mass is 9.81. The van der Waals surface area contributed by atoms with Crippen molar-refractivity contribution in [3.63, 3.8) is 0 Å². The molecule has 0 saturated carbocycles. The van der Waals surface area contributed by atoms with E-state index in [4.69, 9.17) is 4.74 Å². The van der Waals surface area contributed by atoms with Gasteiger partial charge < -0.3 is 9.64 Å². The first-order valence-electron chi connectivity index (χ1n) is 10.2. The molecule has 0 aromatic heterocycles. The Balaban J connectivity index is 1.54. The van der Waals surface area contributed by atoms with Gasteiger partial charge in [-0.15, -0.1) is 0 Å². The summed E-state index contributed by atoms with van der Waals surface area (Å²) in [6, 6.07) is 26.6. The van der Waals surface area contributed by atoms with Crippen molar-refractivity contribution in [3.8, 4) is 0 Å². The fourth-order valence-corrected chi connectivity index (χ4v) is 4.05. The number of benzene rings is 3. The van der Waals surface area contributed by atoms with Crippen LogP contribution in [0.25, 0.3) is 0 Å². The zero-order valence-electron chi connectivity index (χ0n) is 17.1. The number of nitrogens with zero attached hydrogens (tertiary/aromatic N) is 1. The Kier molecular flexibility index (Phi) is 5.66. The summed E-state index contributed by atoms with van der Waals surface area (Å²) in [6.45, 7) is 2.89. The lowest BCUT2D eigenvalue weighted by Crippen LogP contribution is -2.54. The van der Waals surface area contributed by atoms with Crippen LogP contribution in [0, 0.1) is 0 Å². The second-order valence-electron chi connectivity index (χ2n) is 7.95. The van der Waals surface area contributed by atoms with E-state index < -0.39 is 5.54 Å². The van der Waals surface area contributed by atoms with Crippen molar-refractivity contribution < 1.29 is 14.3 Å². The van der Waals surface area contributed by atoms with Gasteiger partial charge in [-0.1, -0.05) is 60.7 Å². The number of fused-ring (bicyclic) bond motifs is 1. The van der Waals surface area contributed by atoms with E-state index in [9.17, 15) is 9.59 Å². The molecule has 4 rings (SSSR count). The summed E-state index contributed by atoms with van der Waals surface area (Å²) < 4.78 is 5.54. The Hall–Kier alpha value is -3.40. The van der Waals surface area contributed by atoms with E-state index in [2.05, 4.69) is 19.1 Å². The number of hydrogen-bond donors (Lipinski definition) is 0. The smallest absolute Gasteiger partial charge is 0.338 e. The van der Waals surface area contributed by atoms with Crippen molar-refractivity contribution in [2.24, 2.45) is 0 Å². The summed E-state index contributed by atoms with van der Waals surface area (Å²) in [5, 5.41) is 0. The van der Waals surface area contributed by atoms with Gasteiger partial charge in [-0.25, -0.2) is 4.79 Å². The van der Waals surface area contributed by atoms with Gasteiger partial charge >= 0.3 is 5.97 Å². The lowest BCUT2D eigenvalue weighted by molar-refractivity contribution is 0.0251. The third kappa shape index (κ3) is 4.13. The molecule has 1 atom stereocenters. The van der Waals surface area contributed by atoms with Gasteiger partial charge in [0.05, 0.1) is 12.2 Å². The standard InChI is InChI=1S/C26H25NO3/c1-26(16-17-30-25(29)21-12-6-3-7-13-21)18-22-14-8-9-15-23(22)19-27(26)24(28)20-10-4-2-5-11-20/h2-15H,16-19H2,1H3. The monoisotopic (exact) mass is 399 g/mol. The average Bonchev–Trinajstić information content (AvgIpc) is 2.79. The Morgan fingerprint density at radius 1 is 0.833 bits per heavy atom. The van der Waals surface area contributed by atoms with Crippen LogP contribution >= 0.6 is 0 Å². The second kappa shape index (κ2) is 8.54. The van der Waals surface area contributed by atoms with E-state index in [1.807, 2.05) is 65.6 Å². The van der Waals surface area contributed by atoms with Crippen LogP contribution in [0.3, 0.4) is 0 Å². The molecule has 30 heavy (non-hydrogen) atoms. The highest BCUT2D eigenvalue weighted by molar-refractivity contribution is 5.95. The van der Waals surface area contributed by atoms with Crippen LogP contribution in [0.15, 0.2) is 84.9 Å². The molecule has 1 unspecified atom stereocenters. The maximum absolute atomic E-state index is 13.4. The molecule has 1 amide bonds. The lowest BCUT2D eigenvalue weighted by Gasteiger charge is -2.45. The molecule has 0 bridgehead atoms. The average molecular weight is 399 g/mol. The predicted molar refractivity (Wildman–Crippen MR) is 116 cm³/mol. The largest absolute Gasteiger partial charge is 0.462 e. The third-order valence-corrected chi connectivity index (χ3v) is 5.82. The highest BCUT2D eigenvalue weighted by Gasteiger charge is 2.39. The molecule has 3 aromatic carbocycles. The Bertz CT molecular complexity index is 1030. The minimum atomic E-state index is -0.446. The number of amides is 1. The van der Waals surface area contributed by atoms with Crippen molar-refractivity contribution in [2.75, 3.05) is 6.61 Å². The maximum atomic E-state index is 13.4. The Morgan fingerprint density at radius 3 is 2.07 bits per heavy atom. The van der Waals surface area contributed by atoms with Gasteiger partial charge in [0, 0.05) is 24.1 Å². The highest BCUT2D eigenvalue weighted by atomic mass is 16.5. The van der Waals surface area contributed by atoms with E-state index >= 15 is 0 Å². The van der Waals surface area contributed by atoms with Gasteiger partial charge in [0.1, 0.15) is 0 Å². The first-order chi connectivity index (χ1) is 14.6. The summed E-state index contributed by atoms with van der Waals surface area (Å²) in [7, 11) is 0. The van der Waals surface area contributed by atoms with E-state index in [1.54, 1.807) is 12.1 Å². The minimum absolute atomic E-state index is 0.00184. The summed E-state index contributed by atoms with van der Waals surface area (Å²) in [6.07, 6.45) is 1.29. The van der Waals surface area contributed by atoms with Gasteiger partial charge in [-0.2, -0.15) is 0 Å². The van der Waals surface area contributed by atoms with Gasteiger partial charge in [-0.05, 0) is 48.7 Å². The number of carbonyl (C=O) groups is 2. The van der Waals surface area contributed by atoms with Crippen LogP contribution in [-0.4, -0.2) is 28.9 Å². The highest BCUT2D eigenvalue weighted by Crippen LogP contribution is 2.34. The van der Waals surface area contributed by atoms with E-state index in [-0.39, 0.29) is 18.5 Å². The number of carbonyl (C=O) groups excluding carboxylic acids is 2. The molecule has 1 aliphatic rings. The third-order valence-electron chi connectivity index (χ3n) is 5.82. The molecule has 0 fully saturated rings. The van der Waals surface area contributed by atoms with E-state index in [0.717, 1.165) is 6.42 Å². The summed E-state index contributed by atoms with van der Waals surface area (Å²) in [5.41, 5.74) is 3.17. The molecule has 1 aliphatic heterocycles. The van der Waals surface area contributed by atoms with Gasteiger partial charge in [0.25, 0.3) is 5.91 Å². The Labute approximate surface area is 177 Å². The van der Waals surface area contributed by atoms with Crippen LogP contribution in [-0.2, 0) is 17.7 Å². The molecule has 0 aliphatic carbocycles. The van der Waals surface area contributed by atoms with Crippen molar-refractivity contribution in [1.82, 2.24) is 4.90 Å². The first kappa shape index (κ1) is 19.9. The quantitative estimate of drug-likeness (QED) is 0.574. The first-order valence-corrected chi connectivity index (χ1v) is 10.2. The molecule has 152 valence electrons. The number of hydrogen-bond acceptors (Lipinski definition) is 3. The van der Waals surface area contributed by atoms with Crippen LogP contribution < -0.4 is 0 Å². The summed E-state index contributed by atoms with van der Waals surface area (Å²) >= 11 is 0. The summed E-state index contributed by atoms with van der Waals surface area (Å²) in [4.78, 5) is 27.6. The van der Waals surface area contributed by atoms with Crippen molar-refractivity contribution in [1.29, 1.82) is 0 Å². The van der Waals surface area contributed by atoms with Gasteiger partial charge in [0.15, 0.2) is 0 Å². The van der Waals surface area contributed by atoms with E-state index in [1.165, 1.54) is 11.1 Å². The molecule has 0 saturated heterocycles. The van der Waals surface area contributed by atoms with Crippen molar-refractivity contribution in [2.45, 2.75) is 31.8 Å². The van der Waals surface area contributed by atoms with Crippen molar-refractivity contribution >= 4 is 11.9 Å². The second-order valence-corrected chi connectivity index (χ2v) is 7.95. The number of ether oxygens (including phenoxy) is 1. The molecular weight excluding hydrogens is 374 g/mol. The zero-order chi connectivity index (χ0) is 21.0. The molecule has 0 spiro atoms. The van der Waals surface area contributed by atoms with Crippen LogP contribution in [0.2, 0.25) is 0 Å². The molecule has 4 nitrogen and oxygen atoms in total. The van der Waals surface area contributed by atoms with Gasteiger partial charge in [0.2, 0.25) is 0 Å². The van der Waals surface area contributed by atoms with Crippen LogP contribution in [0.5, 0.6) is 0 Å². The zero-order valence-corrected chi connectivity index (χ0v) is 17.1. The predicted octanol–water partition coefficient (Wildman–Crippen LogP) is 4.89. The fourth-order valence-electron chi connectivity index (χ4n) is 4.05. The van der Waals surface area contributed by atoms with Gasteiger partial charge in [-0.3, -0.25) is 4.79 Å². The fraction of sp³-hybridized carbons (Fsp3) is 0.231. The molecule has 0 radical (unpaired) electrons. The molecule has 1 heterocycles. The van der Waals surface area contributed by atoms with Crippen LogP contribution in [0.1, 0.15) is 45.2 Å². The molecule has 0 N–H and O–H groups in total. The molecule has 3 aromatic rings. The van der Waals surface area contributed by atoms with E-state index in [0.29, 0.717) is 24.1 Å². The van der Waals surface area contributed by atoms with Crippen LogP contribution in [0.4, 0.5) is 0 Å². The normalized spacial score (nSPS) is 17.8. The SMILES string of the molecule is CC1(CCOC(=O)c2ccccc2)Cc2ccccc2CN1C(=O)c1ccccc1. The Morgan fingerprint density at radius 2 is 1.40 bits per heavy atom.